The standard InChI is InChI=1S/C13H20ClN3O3S/c1-10(11-5-7-12(14)8-6-11)15-13(18)9-17(4)21(19,20)16(2)3/h5-8,10H,9H2,1-4H3,(H,15,18)/t10-/m0/s1. The van der Waals surface area contributed by atoms with Gasteiger partial charge in [0.05, 0.1) is 12.6 Å². The van der Waals surface area contributed by atoms with E-state index >= 15 is 0 Å². The number of benzene rings is 1. The van der Waals surface area contributed by atoms with Crippen molar-refractivity contribution in [3.63, 3.8) is 0 Å². The summed E-state index contributed by atoms with van der Waals surface area (Å²) in [5.74, 6) is -0.370. The highest BCUT2D eigenvalue weighted by atomic mass is 35.5. The van der Waals surface area contributed by atoms with Gasteiger partial charge in [0, 0.05) is 26.2 Å². The van der Waals surface area contributed by atoms with Gasteiger partial charge in [-0.1, -0.05) is 23.7 Å². The van der Waals surface area contributed by atoms with Gasteiger partial charge in [-0.25, -0.2) is 0 Å². The Balaban J connectivity index is 2.63. The van der Waals surface area contributed by atoms with E-state index in [9.17, 15) is 13.2 Å². The van der Waals surface area contributed by atoms with E-state index < -0.39 is 10.2 Å². The Labute approximate surface area is 130 Å². The molecule has 0 saturated carbocycles. The highest BCUT2D eigenvalue weighted by molar-refractivity contribution is 7.86. The number of likely N-dealkylation sites (N-methyl/N-ethyl adjacent to an activating group) is 1. The van der Waals surface area contributed by atoms with E-state index in [1.807, 2.05) is 19.1 Å². The van der Waals surface area contributed by atoms with Crippen molar-refractivity contribution in [2.75, 3.05) is 27.7 Å². The summed E-state index contributed by atoms with van der Waals surface area (Å²) in [6, 6.07) is 6.87. The van der Waals surface area contributed by atoms with Crippen molar-refractivity contribution >= 4 is 27.7 Å². The molecule has 0 saturated heterocycles. The van der Waals surface area contributed by atoms with Crippen LogP contribution in [0.25, 0.3) is 0 Å². The predicted molar refractivity (Wildman–Crippen MR) is 83.2 cm³/mol. The Hall–Kier alpha value is -1.15. The van der Waals surface area contributed by atoms with E-state index in [1.165, 1.54) is 21.1 Å². The zero-order chi connectivity index (χ0) is 16.2. The molecule has 1 atom stereocenters. The Morgan fingerprint density at radius 1 is 1.24 bits per heavy atom. The van der Waals surface area contributed by atoms with Crippen LogP contribution in [0.1, 0.15) is 18.5 Å². The molecule has 0 aliphatic rings. The minimum absolute atomic E-state index is 0.231. The molecule has 0 radical (unpaired) electrons. The van der Waals surface area contributed by atoms with Gasteiger partial charge in [-0.15, -0.1) is 0 Å². The third-order valence-electron chi connectivity index (χ3n) is 2.97. The molecular weight excluding hydrogens is 314 g/mol. The van der Waals surface area contributed by atoms with Crippen molar-refractivity contribution in [3.8, 4) is 0 Å². The van der Waals surface area contributed by atoms with Crippen LogP contribution < -0.4 is 5.32 Å². The van der Waals surface area contributed by atoms with E-state index in [1.54, 1.807) is 12.1 Å². The van der Waals surface area contributed by atoms with E-state index in [-0.39, 0.29) is 18.5 Å². The summed E-state index contributed by atoms with van der Waals surface area (Å²) in [7, 11) is 0.607. The maximum absolute atomic E-state index is 11.9. The van der Waals surface area contributed by atoms with Crippen molar-refractivity contribution in [3.05, 3.63) is 34.9 Å². The largest absolute Gasteiger partial charge is 0.348 e. The Morgan fingerprint density at radius 2 is 1.76 bits per heavy atom. The van der Waals surface area contributed by atoms with Crippen LogP contribution in [-0.2, 0) is 15.0 Å². The van der Waals surface area contributed by atoms with Gasteiger partial charge < -0.3 is 5.32 Å². The highest BCUT2D eigenvalue weighted by Gasteiger charge is 2.23. The number of rotatable bonds is 6. The van der Waals surface area contributed by atoms with Crippen molar-refractivity contribution < 1.29 is 13.2 Å². The molecule has 0 unspecified atom stereocenters. The van der Waals surface area contributed by atoms with Crippen molar-refractivity contribution in [1.29, 1.82) is 0 Å². The Bertz CT molecular complexity index is 587. The van der Waals surface area contributed by atoms with Gasteiger partial charge in [-0.2, -0.15) is 17.0 Å². The second-order valence-electron chi connectivity index (χ2n) is 4.89. The predicted octanol–water partition coefficient (Wildman–Crippen LogP) is 1.26. The molecule has 0 aromatic heterocycles. The molecule has 6 nitrogen and oxygen atoms in total. The topological polar surface area (TPSA) is 69.7 Å². The molecule has 0 bridgehead atoms. The second kappa shape index (κ2) is 7.22. The lowest BCUT2D eigenvalue weighted by atomic mass is 10.1. The summed E-state index contributed by atoms with van der Waals surface area (Å²) in [6.45, 7) is 1.58. The SMILES string of the molecule is C[C@H](NC(=O)CN(C)S(=O)(=O)N(C)C)c1ccc(Cl)cc1. The first-order valence-corrected chi connectivity index (χ1v) is 8.10. The molecule has 1 N–H and O–H groups in total. The molecule has 0 aliphatic carbocycles. The van der Waals surface area contributed by atoms with Gasteiger partial charge in [0.2, 0.25) is 5.91 Å². The van der Waals surface area contributed by atoms with Gasteiger partial charge >= 0.3 is 0 Å². The quantitative estimate of drug-likeness (QED) is 0.852. The Morgan fingerprint density at radius 3 is 2.24 bits per heavy atom. The molecule has 0 spiro atoms. The number of carbonyl (C=O) groups excluding carboxylic acids is 1. The van der Waals surface area contributed by atoms with Crippen LogP contribution in [0.15, 0.2) is 24.3 Å². The molecule has 0 fully saturated rings. The van der Waals surface area contributed by atoms with Crippen molar-refractivity contribution in [2.24, 2.45) is 0 Å². The van der Waals surface area contributed by atoms with Gasteiger partial charge in [-0.3, -0.25) is 4.79 Å². The fourth-order valence-corrected chi connectivity index (χ4v) is 2.65. The molecule has 1 aromatic rings. The zero-order valence-electron chi connectivity index (χ0n) is 12.5. The summed E-state index contributed by atoms with van der Waals surface area (Å²) in [5, 5.41) is 3.37. The average Bonchev–Trinajstić information content (AvgIpc) is 2.38. The van der Waals surface area contributed by atoms with Crippen LogP contribution in [0, 0.1) is 0 Å². The first kappa shape index (κ1) is 17.9. The lowest BCUT2D eigenvalue weighted by molar-refractivity contribution is -0.121. The van der Waals surface area contributed by atoms with Crippen molar-refractivity contribution in [1.82, 2.24) is 13.9 Å². The molecule has 0 aliphatic heterocycles. The van der Waals surface area contributed by atoms with E-state index in [2.05, 4.69) is 5.32 Å². The summed E-state index contributed by atoms with van der Waals surface area (Å²) in [5.41, 5.74) is 0.894. The van der Waals surface area contributed by atoms with Gasteiger partial charge in [-0.05, 0) is 24.6 Å². The normalized spacial score (nSPS) is 13.5. The zero-order valence-corrected chi connectivity index (χ0v) is 14.1. The number of nitrogens with one attached hydrogen (secondary N) is 1. The number of hydrogen-bond donors (Lipinski definition) is 1. The molecule has 1 rings (SSSR count). The van der Waals surface area contributed by atoms with Crippen molar-refractivity contribution in [2.45, 2.75) is 13.0 Å². The summed E-state index contributed by atoms with van der Waals surface area (Å²) < 4.78 is 25.7. The third kappa shape index (κ3) is 4.96. The summed E-state index contributed by atoms with van der Waals surface area (Å²) in [4.78, 5) is 11.9. The third-order valence-corrected chi connectivity index (χ3v) is 5.06. The maximum atomic E-state index is 11.9. The molecule has 0 heterocycles. The van der Waals surface area contributed by atoms with Crippen LogP contribution >= 0.6 is 11.6 Å². The number of carbonyl (C=O) groups is 1. The maximum Gasteiger partial charge on any atom is 0.281 e. The number of amides is 1. The van der Waals surface area contributed by atoms with Crippen LogP contribution in [0.5, 0.6) is 0 Å². The Kier molecular flexibility index (Phi) is 6.15. The monoisotopic (exact) mass is 333 g/mol. The molecule has 118 valence electrons. The smallest absolute Gasteiger partial charge is 0.281 e. The van der Waals surface area contributed by atoms with E-state index in [4.69, 9.17) is 11.6 Å². The molecular formula is C13H20ClN3O3S. The number of halogens is 1. The van der Waals surface area contributed by atoms with Gasteiger partial charge in [0.25, 0.3) is 10.2 Å². The van der Waals surface area contributed by atoms with E-state index in [0.717, 1.165) is 14.2 Å². The highest BCUT2D eigenvalue weighted by Crippen LogP contribution is 2.16. The lowest BCUT2D eigenvalue weighted by Gasteiger charge is -2.22. The minimum Gasteiger partial charge on any atom is -0.348 e. The minimum atomic E-state index is -3.59. The number of hydrogen-bond acceptors (Lipinski definition) is 3. The molecule has 1 amide bonds. The van der Waals surface area contributed by atoms with Crippen LogP contribution in [0.3, 0.4) is 0 Å². The number of nitrogens with zero attached hydrogens (tertiary/aromatic N) is 2. The van der Waals surface area contributed by atoms with Crippen LogP contribution in [0.2, 0.25) is 5.02 Å². The first-order chi connectivity index (χ1) is 9.64. The van der Waals surface area contributed by atoms with Crippen LogP contribution in [-0.4, -0.2) is 50.6 Å². The first-order valence-electron chi connectivity index (χ1n) is 6.33. The average molecular weight is 334 g/mol. The van der Waals surface area contributed by atoms with Crippen LogP contribution in [0.4, 0.5) is 0 Å². The molecule has 8 heteroatoms. The van der Waals surface area contributed by atoms with Gasteiger partial charge in [0.15, 0.2) is 0 Å². The summed E-state index contributed by atoms with van der Waals surface area (Å²) in [6.07, 6.45) is 0. The summed E-state index contributed by atoms with van der Waals surface area (Å²) >= 11 is 5.81. The fraction of sp³-hybridized carbons (Fsp3) is 0.462. The van der Waals surface area contributed by atoms with Gasteiger partial charge in [0.1, 0.15) is 0 Å². The fourth-order valence-electron chi connectivity index (χ4n) is 1.68. The lowest BCUT2D eigenvalue weighted by Crippen LogP contribution is -2.43. The molecule has 21 heavy (non-hydrogen) atoms. The van der Waals surface area contributed by atoms with E-state index in [0.29, 0.717) is 5.02 Å². The second-order valence-corrected chi connectivity index (χ2v) is 7.57. The molecule has 1 aromatic carbocycles.